The fraction of sp³-hybridized carbons (Fsp3) is 0.272. The fourth-order valence-corrected chi connectivity index (χ4v) is 16.6. The molecule has 37 heteroatoms. The summed E-state index contributed by atoms with van der Waals surface area (Å²) in [4.78, 5) is 80.2. The van der Waals surface area contributed by atoms with Crippen LogP contribution < -0.4 is 44.2 Å². The number of likely N-dealkylation sites (N-methyl/N-ethyl adjacent to an activating group) is 4. The smallest absolute Gasteiger partial charge is 0.251 e. The summed E-state index contributed by atoms with van der Waals surface area (Å²) >= 11 is 24.8. The van der Waals surface area contributed by atoms with E-state index in [-0.39, 0.29) is 49.8 Å². The number of amides is 4. The number of imidazole rings is 1. The van der Waals surface area contributed by atoms with Crippen molar-refractivity contribution in [1.82, 2.24) is 105 Å². The number of aliphatic hydroxyl groups is 4. The van der Waals surface area contributed by atoms with Crippen LogP contribution in [0.2, 0.25) is 20.1 Å². The highest BCUT2D eigenvalue weighted by Gasteiger charge is 2.24. The second kappa shape index (κ2) is 49.1. The maximum absolute atomic E-state index is 12.5. The number of rotatable bonds is 36. The van der Waals surface area contributed by atoms with Gasteiger partial charge in [-0.3, -0.25) is 19.2 Å². The molecule has 16 rings (SSSR count). The molecule has 728 valence electrons. The quantitative estimate of drug-likeness (QED) is 0.0173. The third-order valence-electron chi connectivity index (χ3n) is 23.9. The number of aromatic nitrogens is 13. The molecule has 4 amide bonds. The number of fused-ring (bicyclic) bond motifs is 4. The zero-order valence-corrected chi connectivity index (χ0v) is 82.0. The van der Waals surface area contributed by atoms with Gasteiger partial charge in [0.15, 0.2) is 0 Å². The van der Waals surface area contributed by atoms with Gasteiger partial charge < -0.3 is 88.8 Å². The molecule has 4 unspecified atom stereocenters. The predicted molar refractivity (Wildman–Crippen MR) is 557 cm³/mol. The second-order valence-corrected chi connectivity index (χ2v) is 34.9. The minimum absolute atomic E-state index is 0.189. The molecule has 0 aliphatic carbocycles. The van der Waals surface area contributed by atoms with Gasteiger partial charge in [0.25, 0.3) is 23.6 Å². The van der Waals surface area contributed by atoms with E-state index in [1.54, 1.807) is 124 Å². The molecule has 0 saturated heterocycles. The molecule has 33 nitrogen and oxygen atoms in total. The third-order valence-corrected chi connectivity index (χ3v) is 24.8. The molecule has 8 aromatic carbocycles. The van der Waals surface area contributed by atoms with E-state index >= 15 is 0 Å². The fourth-order valence-electron chi connectivity index (χ4n) is 15.9. The molecular formula is C103H115Cl4N25O8. The first-order valence-electron chi connectivity index (χ1n) is 46.2. The molecule has 16 aromatic rings. The topological polar surface area (TPSA) is 450 Å². The maximum atomic E-state index is 12.5. The van der Waals surface area contributed by atoms with Gasteiger partial charge >= 0.3 is 0 Å². The van der Waals surface area contributed by atoms with E-state index in [2.05, 4.69) is 86.3 Å². The number of anilines is 4. The van der Waals surface area contributed by atoms with E-state index in [1.807, 2.05) is 188 Å². The molecule has 0 fully saturated rings. The average molecular weight is 1970 g/mol. The zero-order valence-electron chi connectivity index (χ0n) is 79.0. The van der Waals surface area contributed by atoms with E-state index in [0.29, 0.717) is 114 Å². The Morgan fingerprint density at radius 2 is 0.650 bits per heavy atom. The molecule has 0 aliphatic heterocycles. The number of aliphatic hydroxyl groups excluding tert-OH is 4. The Hall–Kier alpha value is -13.9. The number of hydrogen-bond donors (Lipinski definition) is 12. The van der Waals surface area contributed by atoms with Gasteiger partial charge in [0.2, 0.25) is 0 Å². The Morgan fingerprint density at radius 1 is 0.343 bits per heavy atom. The summed E-state index contributed by atoms with van der Waals surface area (Å²) in [7, 11) is 0. The minimum Gasteiger partial charge on any atom is -0.390 e. The highest BCUT2D eigenvalue weighted by Crippen LogP contribution is 2.39. The summed E-state index contributed by atoms with van der Waals surface area (Å²) in [5, 5.41) is 79.1. The van der Waals surface area contributed by atoms with Crippen molar-refractivity contribution in [3.63, 3.8) is 0 Å². The lowest BCUT2D eigenvalue weighted by Crippen LogP contribution is -2.40. The van der Waals surface area contributed by atoms with Crippen molar-refractivity contribution in [1.29, 1.82) is 0 Å². The van der Waals surface area contributed by atoms with Crippen molar-refractivity contribution in [3.05, 3.63) is 280 Å². The first kappa shape index (κ1) is 103. The molecule has 8 heterocycles. The van der Waals surface area contributed by atoms with Crippen LogP contribution in [0, 0.1) is 0 Å². The monoisotopic (exact) mass is 1970 g/mol. The van der Waals surface area contributed by atoms with Crippen molar-refractivity contribution in [2.24, 2.45) is 0 Å². The second-order valence-electron chi connectivity index (χ2n) is 33.1. The van der Waals surface area contributed by atoms with Gasteiger partial charge in [-0.1, -0.05) is 131 Å². The van der Waals surface area contributed by atoms with E-state index < -0.39 is 24.4 Å². The predicted octanol–water partition coefficient (Wildman–Crippen LogP) is 14.4. The number of nitrogen functional groups attached to an aromatic ring is 4. The van der Waals surface area contributed by atoms with E-state index in [9.17, 15) is 39.6 Å². The van der Waals surface area contributed by atoms with E-state index in [4.69, 9.17) is 69.3 Å². The van der Waals surface area contributed by atoms with Crippen LogP contribution in [0.15, 0.2) is 238 Å². The molecule has 4 atom stereocenters. The van der Waals surface area contributed by atoms with Gasteiger partial charge in [-0.2, -0.15) is 10.2 Å². The van der Waals surface area contributed by atoms with E-state index in [0.717, 1.165) is 140 Å². The van der Waals surface area contributed by atoms with Crippen LogP contribution in [0.1, 0.15) is 96.8 Å². The first-order valence-corrected chi connectivity index (χ1v) is 47.7. The highest BCUT2D eigenvalue weighted by atomic mass is 35.5. The van der Waals surface area contributed by atoms with Crippen molar-refractivity contribution in [2.45, 2.75) is 79.8 Å². The standard InChI is InChI=1S/3C26H29ClN6O2.C25H28ClN7O2/c1-3-32(4-2)16-22(34)14-30-26(35)17-6-9-21(10-7-17)33-15-19(13-31-33)24-23-11-20(27)8-5-18(23)12-29-25(24)28;1-3-32(4-2)14-21(34)13-30-26(35)17-6-9-20(10-7-17)33-15-23(31-16-33)24-22-11-19(27)8-5-18(22)12-29-25(24)28;1-3-32(4-2)16-21(34)15-30-26(35)17-6-9-20(10-7-17)33-12-11-23(31-33)24-22-13-19(27)8-5-18(22)14-29-25(24)28;1-3-32(4-2)14-20(34)13-29-25(35)16-6-9-19(10-7-16)33-15-22(30-31-33)23-21-11-18(26)8-5-17(21)12-28-24(23)27/h5-13,15,22,34H,3-4,14,16H2,1-2H3,(H2,28,29)(H,30,35);5-12,15-16,21,34H,3-4,13-14H2,1-2H3,(H2,28,29)(H,30,35);5-14,21,34H,3-4,15-16H2,1-2H3,(H2,28,29)(H,30,35);5-12,15,20,34H,3-4,13-14H2,1-2H3,(H2,27,28)(H,29,35). The Kier molecular flexibility index (Phi) is 36.3. The SMILES string of the molecule is CCN(CC)CC(O)CNC(=O)c1ccc(-n2cc(-c3c(N)ncc4ccc(Cl)cc34)cn2)cc1.CCN(CC)CC(O)CNC(=O)c1ccc(-n2cc(-c3c(N)ncc4ccc(Cl)cc34)nn2)cc1.CCN(CC)CC(O)CNC(=O)c1ccc(-n2ccc(-c3c(N)ncc4ccc(Cl)cc34)n2)cc1.CCN(CC)CC(O)CNC(=O)c1ccc(-n2cnc(-c3c(N)ncc4ccc(Cl)cc34)c2)cc1. The number of nitrogens with zero attached hydrogens (tertiary/aromatic N) is 17. The summed E-state index contributed by atoms with van der Waals surface area (Å²) in [6, 6.07) is 52.5. The van der Waals surface area contributed by atoms with Gasteiger partial charge in [0.05, 0.1) is 88.3 Å². The number of benzene rings is 8. The van der Waals surface area contributed by atoms with Crippen LogP contribution >= 0.6 is 46.4 Å². The van der Waals surface area contributed by atoms with Gasteiger partial charge in [-0.05, 0) is 226 Å². The average Bonchev–Trinajstić information content (AvgIpc) is 1.52. The Morgan fingerprint density at radius 3 is 1.00 bits per heavy atom. The molecule has 0 radical (unpaired) electrons. The number of pyridine rings is 4. The summed E-state index contributed by atoms with van der Waals surface area (Å²) < 4.78 is 6.89. The lowest BCUT2D eigenvalue weighted by Gasteiger charge is -2.22. The normalized spacial score (nSPS) is 12.3. The van der Waals surface area contributed by atoms with Crippen LogP contribution in [0.3, 0.4) is 0 Å². The molecule has 0 spiro atoms. The molecule has 140 heavy (non-hydrogen) atoms. The number of nitrogens with two attached hydrogens (primary N) is 4. The molecule has 8 aromatic heterocycles. The maximum Gasteiger partial charge on any atom is 0.251 e. The number of carbonyl (C=O) groups is 4. The van der Waals surface area contributed by atoms with Crippen molar-refractivity contribution in [3.8, 4) is 67.6 Å². The molecule has 16 N–H and O–H groups in total. The van der Waals surface area contributed by atoms with Crippen LogP contribution in [0.4, 0.5) is 23.3 Å². The summed E-state index contributed by atoms with van der Waals surface area (Å²) in [5.74, 6) is 0.538. The van der Waals surface area contributed by atoms with Gasteiger partial charge in [0, 0.05) is 176 Å². The Bertz CT molecular complexity index is 6070. The van der Waals surface area contributed by atoms with Crippen molar-refractivity contribution >= 4 is 136 Å². The molecule has 0 saturated carbocycles. The lowest BCUT2D eigenvalue weighted by molar-refractivity contribution is 0.0866. The first-order chi connectivity index (χ1) is 67.6. The zero-order chi connectivity index (χ0) is 99.8. The number of nitrogens with one attached hydrogen (secondary N) is 4. The third kappa shape index (κ3) is 26.6. The highest BCUT2D eigenvalue weighted by molar-refractivity contribution is 6.33. The van der Waals surface area contributed by atoms with Crippen LogP contribution in [-0.4, -0.2) is 257 Å². The van der Waals surface area contributed by atoms with Gasteiger partial charge in [0.1, 0.15) is 29.0 Å². The van der Waals surface area contributed by atoms with Crippen LogP contribution in [-0.2, 0) is 0 Å². The summed E-state index contributed by atoms with van der Waals surface area (Å²) in [6.45, 7) is 26.1. The minimum atomic E-state index is -0.627. The van der Waals surface area contributed by atoms with E-state index in [1.165, 1.54) is 0 Å². The number of carbonyl (C=O) groups excluding carboxylic acids is 4. The Labute approximate surface area is 831 Å². The molecular weight excluding hydrogens is 1860 g/mol. The molecule has 0 bridgehead atoms. The van der Waals surface area contributed by atoms with Crippen molar-refractivity contribution in [2.75, 3.05) is 128 Å². The number of hydrogen-bond acceptors (Lipinski definition) is 25. The van der Waals surface area contributed by atoms with Gasteiger partial charge in [-0.25, -0.2) is 39.0 Å². The molecule has 0 aliphatic rings. The van der Waals surface area contributed by atoms with Crippen molar-refractivity contribution < 1.29 is 39.6 Å². The van der Waals surface area contributed by atoms with Crippen LogP contribution in [0.5, 0.6) is 0 Å². The van der Waals surface area contributed by atoms with Gasteiger partial charge in [-0.15, -0.1) is 5.10 Å². The van der Waals surface area contributed by atoms with Crippen LogP contribution in [0.25, 0.3) is 111 Å². The largest absolute Gasteiger partial charge is 0.390 e. The Balaban J connectivity index is 0.000000157. The summed E-state index contributed by atoms with van der Waals surface area (Å²) in [5.41, 5.74) is 35.5. The lowest BCUT2D eigenvalue weighted by atomic mass is 10.0. The number of halogens is 4. The summed E-state index contributed by atoms with van der Waals surface area (Å²) in [6.07, 6.45) is 15.1.